The number of nitrogens with two attached hydrogens (primary N) is 1. The Morgan fingerprint density at radius 2 is 1.92 bits per heavy atom. The fourth-order valence-electron chi connectivity index (χ4n) is 1.14. The Balaban J connectivity index is 2.82. The van der Waals surface area contributed by atoms with E-state index >= 15 is 0 Å². The zero-order chi connectivity index (χ0) is 10.0. The minimum absolute atomic E-state index is 0.220. The van der Waals surface area contributed by atoms with Crippen LogP contribution in [-0.4, -0.2) is 6.10 Å². The number of hydrogen-bond donors (Lipinski definition) is 1. The second-order valence-electron chi connectivity index (χ2n) is 3.71. The molecule has 1 aromatic heterocycles. The summed E-state index contributed by atoms with van der Waals surface area (Å²) >= 11 is 1.65. The van der Waals surface area contributed by atoms with Crippen LogP contribution in [0.15, 0.2) is 6.07 Å². The molecule has 1 aromatic rings. The molecule has 74 valence electrons. The maximum atomic E-state index is 5.85. The summed E-state index contributed by atoms with van der Waals surface area (Å²) in [5, 5.41) is 0.927. The van der Waals surface area contributed by atoms with Crippen LogP contribution in [0.2, 0.25) is 0 Å². The van der Waals surface area contributed by atoms with Gasteiger partial charge in [-0.1, -0.05) is 13.8 Å². The van der Waals surface area contributed by atoms with Crippen LogP contribution in [0, 0.1) is 0 Å². The number of rotatable bonds is 3. The molecule has 2 nitrogen and oxygen atoms in total. The van der Waals surface area contributed by atoms with E-state index in [1.807, 2.05) is 19.9 Å². The molecule has 0 aliphatic rings. The Morgan fingerprint density at radius 1 is 1.31 bits per heavy atom. The molecule has 1 heterocycles. The Kier molecular flexibility index (Phi) is 3.20. The summed E-state index contributed by atoms with van der Waals surface area (Å²) in [7, 11) is 0. The van der Waals surface area contributed by atoms with Gasteiger partial charge in [0.05, 0.1) is 6.10 Å². The molecule has 0 radical (unpaired) electrons. The first-order chi connectivity index (χ1) is 6.00. The van der Waals surface area contributed by atoms with Gasteiger partial charge in [-0.15, -0.1) is 11.3 Å². The SMILES string of the molecule is CC(C)Oc1cc(N)c(C(C)C)s1. The minimum Gasteiger partial charge on any atom is -0.481 e. The molecule has 0 saturated heterocycles. The third-order valence-corrected chi connectivity index (χ3v) is 2.99. The second kappa shape index (κ2) is 4.01. The summed E-state index contributed by atoms with van der Waals surface area (Å²) in [5.41, 5.74) is 6.71. The highest BCUT2D eigenvalue weighted by Gasteiger charge is 2.10. The summed E-state index contributed by atoms with van der Waals surface area (Å²) in [6.07, 6.45) is 0.220. The first-order valence-corrected chi connectivity index (χ1v) is 5.38. The lowest BCUT2D eigenvalue weighted by Crippen LogP contribution is -2.03. The van der Waals surface area contributed by atoms with Crippen LogP contribution in [0.3, 0.4) is 0 Å². The first-order valence-electron chi connectivity index (χ1n) is 4.56. The normalized spacial score (nSPS) is 11.2. The van der Waals surface area contributed by atoms with Crippen molar-refractivity contribution in [3.05, 3.63) is 10.9 Å². The average molecular weight is 199 g/mol. The topological polar surface area (TPSA) is 35.2 Å². The van der Waals surface area contributed by atoms with Crippen LogP contribution in [0.1, 0.15) is 38.5 Å². The lowest BCUT2D eigenvalue weighted by molar-refractivity contribution is 0.250. The monoisotopic (exact) mass is 199 g/mol. The fraction of sp³-hybridized carbons (Fsp3) is 0.600. The van der Waals surface area contributed by atoms with Crippen molar-refractivity contribution >= 4 is 17.0 Å². The van der Waals surface area contributed by atoms with Crippen molar-refractivity contribution in [3.8, 4) is 5.06 Å². The fourth-order valence-corrected chi connectivity index (χ4v) is 2.19. The molecule has 0 spiro atoms. The molecule has 2 N–H and O–H groups in total. The van der Waals surface area contributed by atoms with Crippen LogP contribution < -0.4 is 10.5 Å². The third-order valence-electron chi connectivity index (χ3n) is 1.64. The summed E-state index contributed by atoms with van der Waals surface area (Å²) in [4.78, 5) is 1.22. The van der Waals surface area contributed by atoms with E-state index in [2.05, 4.69) is 13.8 Å². The zero-order valence-electron chi connectivity index (χ0n) is 8.63. The third kappa shape index (κ3) is 2.62. The highest BCUT2D eigenvalue weighted by atomic mass is 32.1. The first kappa shape index (κ1) is 10.4. The second-order valence-corrected chi connectivity index (χ2v) is 4.75. The molecular weight excluding hydrogens is 182 g/mol. The van der Waals surface area contributed by atoms with Gasteiger partial charge in [0, 0.05) is 16.6 Å². The van der Waals surface area contributed by atoms with Gasteiger partial charge in [0.15, 0.2) is 5.06 Å². The van der Waals surface area contributed by atoms with Crippen LogP contribution in [0.25, 0.3) is 0 Å². The molecule has 0 aliphatic carbocycles. The largest absolute Gasteiger partial charge is 0.481 e. The number of anilines is 1. The zero-order valence-corrected chi connectivity index (χ0v) is 9.44. The van der Waals surface area contributed by atoms with Gasteiger partial charge in [0.2, 0.25) is 0 Å². The molecule has 3 heteroatoms. The number of hydrogen-bond acceptors (Lipinski definition) is 3. The van der Waals surface area contributed by atoms with Gasteiger partial charge in [-0.2, -0.15) is 0 Å². The lowest BCUT2D eigenvalue weighted by atomic mass is 10.1. The number of thiophene rings is 1. The summed E-state index contributed by atoms with van der Waals surface area (Å²) < 4.78 is 5.56. The lowest BCUT2D eigenvalue weighted by Gasteiger charge is -2.05. The van der Waals surface area contributed by atoms with Crippen LogP contribution in [0.5, 0.6) is 5.06 Å². The predicted octanol–water partition coefficient (Wildman–Crippen LogP) is 3.24. The van der Waals surface area contributed by atoms with Crippen LogP contribution in [0.4, 0.5) is 5.69 Å². The van der Waals surface area contributed by atoms with Crippen molar-refractivity contribution in [1.29, 1.82) is 0 Å². The Hall–Kier alpha value is -0.700. The van der Waals surface area contributed by atoms with Crippen molar-refractivity contribution in [2.24, 2.45) is 0 Å². The Bertz CT molecular complexity index is 278. The molecule has 0 fully saturated rings. The molecular formula is C10H17NOS. The standard InChI is InChI=1S/C10H17NOS/c1-6(2)10-8(11)5-9(13-10)12-7(3)4/h5-7H,11H2,1-4H3. The molecule has 0 unspecified atom stereocenters. The molecule has 13 heavy (non-hydrogen) atoms. The van der Waals surface area contributed by atoms with Gasteiger partial charge in [-0.05, 0) is 19.8 Å². The molecule has 0 bridgehead atoms. The Morgan fingerprint density at radius 3 is 2.31 bits per heavy atom. The smallest absolute Gasteiger partial charge is 0.176 e. The van der Waals surface area contributed by atoms with Crippen molar-refractivity contribution in [1.82, 2.24) is 0 Å². The maximum Gasteiger partial charge on any atom is 0.176 e. The number of nitrogen functional groups attached to an aromatic ring is 1. The number of ether oxygens (including phenoxy) is 1. The quantitative estimate of drug-likeness (QED) is 0.811. The van der Waals surface area contributed by atoms with Crippen molar-refractivity contribution in [3.63, 3.8) is 0 Å². The summed E-state index contributed by atoms with van der Waals surface area (Å²) in [6, 6.07) is 1.92. The molecule has 0 atom stereocenters. The van der Waals surface area contributed by atoms with Gasteiger partial charge in [-0.3, -0.25) is 0 Å². The van der Waals surface area contributed by atoms with Crippen LogP contribution in [-0.2, 0) is 0 Å². The highest BCUT2D eigenvalue weighted by molar-refractivity contribution is 7.14. The van der Waals surface area contributed by atoms with E-state index in [0.717, 1.165) is 10.8 Å². The molecule has 0 aromatic carbocycles. The van der Waals surface area contributed by atoms with Gasteiger partial charge in [0.1, 0.15) is 0 Å². The molecule has 0 aliphatic heterocycles. The van der Waals surface area contributed by atoms with E-state index in [0.29, 0.717) is 5.92 Å². The molecule has 1 rings (SSSR count). The summed E-state index contributed by atoms with van der Waals surface area (Å²) in [6.45, 7) is 8.32. The highest BCUT2D eigenvalue weighted by Crippen LogP contribution is 2.36. The minimum atomic E-state index is 0.220. The van der Waals surface area contributed by atoms with Crippen LogP contribution >= 0.6 is 11.3 Å². The maximum absolute atomic E-state index is 5.85. The van der Waals surface area contributed by atoms with E-state index in [-0.39, 0.29) is 6.10 Å². The van der Waals surface area contributed by atoms with Gasteiger partial charge in [0.25, 0.3) is 0 Å². The molecule has 0 saturated carbocycles. The van der Waals surface area contributed by atoms with E-state index in [4.69, 9.17) is 10.5 Å². The van der Waals surface area contributed by atoms with Crippen molar-refractivity contribution in [2.75, 3.05) is 5.73 Å². The van der Waals surface area contributed by atoms with Gasteiger partial charge in [-0.25, -0.2) is 0 Å². The average Bonchev–Trinajstić information content (AvgIpc) is 2.29. The van der Waals surface area contributed by atoms with Crippen molar-refractivity contribution < 1.29 is 4.74 Å². The van der Waals surface area contributed by atoms with E-state index in [1.165, 1.54) is 4.88 Å². The summed E-state index contributed by atoms with van der Waals surface area (Å²) in [5.74, 6) is 0.481. The Labute approximate surface area is 83.7 Å². The van der Waals surface area contributed by atoms with E-state index in [1.54, 1.807) is 11.3 Å². The van der Waals surface area contributed by atoms with Gasteiger partial charge >= 0.3 is 0 Å². The molecule has 0 amide bonds. The van der Waals surface area contributed by atoms with Crippen molar-refractivity contribution in [2.45, 2.75) is 39.7 Å². The van der Waals surface area contributed by atoms with E-state index in [9.17, 15) is 0 Å². The van der Waals surface area contributed by atoms with Gasteiger partial charge < -0.3 is 10.5 Å². The predicted molar refractivity (Wildman–Crippen MR) is 58.6 cm³/mol. The van der Waals surface area contributed by atoms with E-state index < -0.39 is 0 Å².